The molecule has 1 aliphatic heterocycles. The molecule has 0 aromatic heterocycles. The third-order valence-corrected chi connectivity index (χ3v) is 4.66. The first-order valence-corrected chi connectivity index (χ1v) is 7.72. The Morgan fingerprint density at radius 1 is 1.00 bits per heavy atom. The lowest BCUT2D eigenvalue weighted by atomic mass is 9.86. The minimum absolute atomic E-state index is 0.196. The van der Waals surface area contributed by atoms with Crippen molar-refractivity contribution in [3.63, 3.8) is 0 Å². The van der Waals surface area contributed by atoms with Crippen LogP contribution in [0.1, 0.15) is 54.4 Å². The summed E-state index contributed by atoms with van der Waals surface area (Å²) in [7, 11) is 0. The van der Waals surface area contributed by atoms with Gasteiger partial charge in [0.25, 0.3) is 0 Å². The van der Waals surface area contributed by atoms with Crippen molar-refractivity contribution in [2.75, 3.05) is 6.54 Å². The molecule has 0 amide bonds. The monoisotopic (exact) mass is 257 g/mol. The Morgan fingerprint density at radius 2 is 1.89 bits per heavy atom. The highest BCUT2D eigenvalue weighted by Crippen LogP contribution is 2.29. The van der Waals surface area contributed by atoms with Crippen LogP contribution < -0.4 is 5.32 Å². The van der Waals surface area contributed by atoms with Crippen molar-refractivity contribution in [2.45, 2.75) is 51.0 Å². The molecule has 2 heteroatoms. The van der Waals surface area contributed by atoms with E-state index in [0.29, 0.717) is 11.8 Å². The van der Waals surface area contributed by atoms with Gasteiger partial charge in [-0.1, -0.05) is 37.1 Å². The van der Waals surface area contributed by atoms with E-state index in [-0.39, 0.29) is 5.92 Å². The number of carbonyl (C=O) groups is 1. The topological polar surface area (TPSA) is 29.1 Å². The smallest absolute Gasteiger partial charge is 0.167 e. The number of rotatable bonds is 1. The molecule has 2 atom stereocenters. The summed E-state index contributed by atoms with van der Waals surface area (Å²) < 4.78 is 0. The van der Waals surface area contributed by atoms with Crippen LogP contribution in [0.3, 0.4) is 0 Å². The maximum atomic E-state index is 12.8. The van der Waals surface area contributed by atoms with Gasteiger partial charge in [0.05, 0.1) is 0 Å². The van der Waals surface area contributed by atoms with E-state index >= 15 is 0 Å². The second-order valence-corrected chi connectivity index (χ2v) is 5.93. The number of carbonyl (C=O) groups excluding carboxylic acids is 1. The molecule has 0 unspecified atom stereocenters. The van der Waals surface area contributed by atoms with E-state index in [2.05, 4.69) is 17.4 Å². The van der Waals surface area contributed by atoms with Crippen LogP contribution in [0, 0.1) is 5.92 Å². The largest absolute Gasteiger partial charge is 0.313 e. The zero-order chi connectivity index (χ0) is 13.1. The predicted octanol–water partition coefficient (Wildman–Crippen LogP) is 3.35. The molecule has 1 heterocycles. The highest BCUT2D eigenvalue weighted by molar-refractivity contribution is 6.00. The van der Waals surface area contributed by atoms with E-state index in [1.54, 1.807) is 0 Å². The summed E-state index contributed by atoms with van der Waals surface area (Å²) >= 11 is 0. The van der Waals surface area contributed by atoms with Crippen molar-refractivity contribution < 1.29 is 4.79 Å². The van der Waals surface area contributed by atoms with Crippen LogP contribution in [0.4, 0.5) is 0 Å². The molecule has 1 N–H and O–H groups in total. The number of hydrogen-bond donors (Lipinski definition) is 1. The molecule has 0 radical (unpaired) electrons. The standard InChI is InChI=1S/C17H23NO/c19-17-14-9-4-3-7-13(14)8-6-10-15(17)16-11-2-1-5-12-18-16/h3-4,7,9,15-16,18H,1-2,5-6,8,10-12H2/t15-,16+/m1/s1. The third-order valence-electron chi connectivity index (χ3n) is 4.66. The Morgan fingerprint density at radius 3 is 2.84 bits per heavy atom. The summed E-state index contributed by atoms with van der Waals surface area (Å²) in [4.78, 5) is 12.8. The van der Waals surface area contributed by atoms with Gasteiger partial charge in [0.15, 0.2) is 5.78 Å². The molecule has 1 aliphatic carbocycles. The summed E-state index contributed by atoms with van der Waals surface area (Å²) in [6.07, 6.45) is 8.25. The molecule has 102 valence electrons. The number of fused-ring (bicyclic) bond motifs is 1. The molecule has 0 bridgehead atoms. The molecule has 0 spiro atoms. The molecule has 1 aromatic carbocycles. The number of ketones is 1. The van der Waals surface area contributed by atoms with Crippen molar-refractivity contribution in [2.24, 2.45) is 5.92 Å². The molecular formula is C17H23NO. The van der Waals surface area contributed by atoms with Crippen LogP contribution in [0.5, 0.6) is 0 Å². The van der Waals surface area contributed by atoms with Gasteiger partial charge in [0.1, 0.15) is 0 Å². The summed E-state index contributed by atoms with van der Waals surface area (Å²) in [5.41, 5.74) is 2.24. The number of Topliss-reactive ketones (excluding diaryl/α,β-unsaturated/α-hetero) is 1. The zero-order valence-corrected chi connectivity index (χ0v) is 11.5. The van der Waals surface area contributed by atoms with Crippen LogP contribution in [-0.4, -0.2) is 18.4 Å². The van der Waals surface area contributed by atoms with Crippen molar-refractivity contribution in [1.29, 1.82) is 0 Å². The molecule has 2 nitrogen and oxygen atoms in total. The molecule has 1 saturated heterocycles. The van der Waals surface area contributed by atoms with E-state index in [9.17, 15) is 4.79 Å². The van der Waals surface area contributed by atoms with Crippen LogP contribution in [-0.2, 0) is 6.42 Å². The average molecular weight is 257 g/mol. The van der Waals surface area contributed by atoms with E-state index in [4.69, 9.17) is 0 Å². The molecular weight excluding hydrogens is 234 g/mol. The van der Waals surface area contributed by atoms with Gasteiger partial charge in [-0.25, -0.2) is 0 Å². The fourth-order valence-corrected chi connectivity index (χ4v) is 3.60. The predicted molar refractivity (Wildman–Crippen MR) is 77.5 cm³/mol. The lowest BCUT2D eigenvalue weighted by Crippen LogP contribution is -2.39. The Labute approximate surface area is 115 Å². The molecule has 19 heavy (non-hydrogen) atoms. The Balaban J connectivity index is 1.84. The van der Waals surface area contributed by atoms with Gasteiger partial charge in [-0.2, -0.15) is 0 Å². The molecule has 3 rings (SSSR count). The van der Waals surface area contributed by atoms with Crippen LogP contribution >= 0.6 is 0 Å². The highest BCUT2D eigenvalue weighted by atomic mass is 16.1. The quantitative estimate of drug-likeness (QED) is 0.782. The summed E-state index contributed by atoms with van der Waals surface area (Å²) in [5.74, 6) is 0.578. The summed E-state index contributed by atoms with van der Waals surface area (Å²) in [5, 5.41) is 3.62. The summed E-state index contributed by atoms with van der Waals surface area (Å²) in [6, 6.07) is 8.60. The lowest BCUT2D eigenvalue weighted by Gasteiger charge is -2.25. The van der Waals surface area contributed by atoms with Gasteiger partial charge in [0.2, 0.25) is 0 Å². The minimum Gasteiger partial charge on any atom is -0.313 e. The van der Waals surface area contributed by atoms with Gasteiger partial charge in [0, 0.05) is 17.5 Å². The average Bonchev–Trinajstić information content (AvgIpc) is 2.79. The van der Waals surface area contributed by atoms with E-state index in [1.165, 1.54) is 31.2 Å². The van der Waals surface area contributed by atoms with Gasteiger partial charge in [-0.15, -0.1) is 0 Å². The number of nitrogens with one attached hydrogen (secondary N) is 1. The molecule has 1 aromatic rings. The second-order valence-electron chi connectivity index (χ2n) is 5.93. The first-order valence-electron chi connectivity index (χ1n) is 7.72. The van der Waals surface area contributed by atoms with Gasteiger partial charge in [-0.3, -0.25) is 4.79 Å². The fraction of sp³-hybridized carbons (Fsp3) is 0.588. The minimum atomic E-state index is 0.196. The maximum absolute atomic E-state index is 12.8. The summed E-state index contributed by atoms with van der Waals surface area (Å²) in [6.45, 7) is 1.08. The van der Waals surface area contributed by atoms with Gasteiger partial charge >= 0.3 is 0 Å². The number of aryl methyl sites for hydroxylation is 1. The Bertz CT molecular complexity index is 446. The fourth-order valence-electron chi connectivity index (χ4n) is 3.60. The first-order chi connectivity index (χ1) is 9.36. The zero-order valence-electron chi connectivity index (χ0n) is 11.5. The first kappa shape index (κ1) is 12.9. The molecule has 2 aliphatic rings. The Kier molecular flexibility index (Phi) is 3.97. The SMILES string of the molecule is O=C1c2ccccc2CCC[C@@H]1[C@@H]1CCCCCN1. The molecule has 0 saturated carbocycles. The van der Waals surface area contributed by atoms with Crippen LogP contribution in [0.15, 0.2) is 24.3 Å². The van der Waals surface area contributed by atoms with Crippen molar-refractivity contribution in [1.82, 2.24) is 5.32 Å². The molecule has 1 fully saturated rings. The van der Waals surface area contributed by atoms with Crippen molar-refractivity contribution in [3.8, 4) is 0 Å². The van der Waals surface area contributed by atoms with E-state index in [1.807, 2.05) is 12.1 Å². The van der Waals surface area contributed by atoms with Crippen LogP contribution in [0.2, 0.25) is 0 Å². The van der Waals surface area contributed by atoms with Gasteiger partial charge < -0.3 is 5.32 Å². The maximum Gasteiger partial charge on any atom is 0.167 e. The third kappa shape index (κ3) is 2.74. The highest BCUT2D eigenvalue weighted by Gasteiger charge is 2.31. The van der Waals surface area contributed by atoms with Crippen LogP contribution in [0.25, 0.3) is 0 Å². The van der Waals surface area contributed by atoms with Gasteiger partial charge in [-0.05, 0) is 44.2 Å². The number of benzene rings is 1. The normalized spacial score (nSPS) is 28.3. The lowest BCUT2D eigenvalue weighted by molar-refractivity contribution is 0.0881. The Hall–Kier alpha value is -1.15. The van der Waals surface area contributed by atoms with E-state index < -0.39 is 0 Å². The van der Waals surface area contributed by atoms with Crippen molar-refractivity contribution >= 4 is 5.78 Å². The number of hydrogen-bond acceptors (Lipinski definition) is 2. The second kappa shape index (κ2) is 5.87. The van der Waals surface area contributed by atoms with Crippen molar-refractivity contribution in [3.05, 3.63) is 35.4 Å². The van der Waals surface area contributed by atoms with E-state index in [0.717, 1.165) is 31.4 Å².